The van der Waals surface area contributed by atoms with Crippen LogP contribution in [0.3, 0.4) is 0 Å². The predicted octanol–water partition coefficient (Wildman–Crippen LogP) is -2.28. The zero-order chi connectivity index (χ0) is 8.36. The van der Waals surface area contributed by atoms with Crippen LogP contribution in [-0.2, 0) is 14.9 Å². The first-order chi connectivity index (χ1) is 4.39. The summed E-state index contributed by atoms with van der Waals surface area (Å²) in [4.78, 5) is 10.1. The molecule has 4 N–H and O–H groups in total. The minimum Gasteiger partial charge on any atom is -0.394 e. The van der Waals surface area contributed by atoms with Crippen LogP contribution in [0.4, 0.5) is 0 Å². The maximum atomic E-state index is 10.1. The molecule has 0 bridgehead atoms. The quantitative estimate of drug-likeness (QED) is 0.411. The third-order valence-corrected chi connectivity index (χ3v) is 1.94. The van der Waals surface area contributed by atoms with E-state index in [0.717, 1.165) is 0 Å². The van der Waals surface area contributed by atoms with Gasteiger partial charge < -0.3 is 10.8 Å². The molecule has 0 aliphatic heterocycles. The Hall–Kier alpha value is -0.660. The number of carbonyl (C=O) groups excluding carboxylic acids is 1. The van der Waals surface area contributed by atoms with Gasteiger partial charge in [-0.2, -0.15) is 8.42 Å². The number of amides is 1. The zero-order valence-corrected chi connectivity index (χ0v) is 5.71. The molecule has 0 saturated heterocycles. The van der Waals surface area contributed by atoms with Gasteiger partial charge in [-0.15, -0.1) is 0 Å². The lowest BCUT2D eigenvalue weighted by Gasteiger charge is -2.03. The van der Waals surface area contributed by atoms with Gasteiger partial charge >= 0.3 is 0 Å². The molecule has 6 nitrogen and oxygen atoms in total. The molecular formula is C3H7NO5S. The number of rotatable bonds is 3. The molecule has 10 heavy (non-hydrogen) atoms. The molecule has 0 aromatic carbocycles. The van der Waals surface area contributed by atoms with E-state index in [4.69, 9.17) is 9.66 Å². The second-order valence-electron chi connectivity index (χ2n) is 1.59. The fourth-order valence-corrected chi connectivity index (χ4v) is 0.813. The first-order valence-corrected chi connectivity index (χ1v) is 3.76. The number of hydrogen-bond acceptors (Lipinski definition) is 4. The van der Waals surface area contributed by atoms with E-state index < -0.39 is 27.9 Å². The Kier molecular flexibility index (Phi) is 2.76. The summed E-state index contributed by atoms with van der Waals surface area (Å²) in [5.74, 6) is -1.27. The standard InChI is InChI=1S/C3H7NO5S/c4-3(6)2(1-5)10(7,8)9/h2,5H,1H2,(H2,4,6)(H,7,8,9). The van der Waals surface area contributed by atoms with Crippen molar-refractivity contribution in [3.8, 4) is 0 Å². The summed E-state index contributed by atoms with van der Waals surface area (Å²) < 4.78 is 28.4. The highest BCUT2D eigenvalue weighted by atomic mass is 32.2. The molecule has 0 radical (unpaired) electrons. The highest BCUT2D eigenvalue weighted by Crippen LogP contribution is 1.95. The lowest BCUT2D eigenvalue weighted by molar-refractivity contribution is -0.118. The van der Waals surface area contributed by atoms with Gasteiger partial charge in [-0.1, -0.05) is 0 Å². The van der Waals surface area contributed by atoms with Crippen molar-refractivity contribution in [3.63, 3.8) is 0 Å². The number of hydrogen-bond donors (Lipinski definition) is 3. The van der Waals surface area contributed by atoms with Crippen LogP contribution in [0, 0.1) is 0 Å². The van der Waals surface area contributed by atoms with Crippen LogP contribution in [0.2, 0.25) is 0 Å². The summed E-state index contributed by atoms with van der Waals surface area (Å²) in [7, 11) is -4.54. The van der Waals surface area contributed by atoms with E-state index >= 15 is 0 Å². The molecule has 60 valence electrons. The van der Waals surface area contributed by atoms with E-state index in [1.165, 1.54) is 0 Å². The normalized spacial score (nSPS) is 14.6. The predicted molar refractivity (Wildman–Crippen MR) is 31.6 cm³/mol. The van der Waals surface area contributed by atoms with Crippen molar-refractivity contribution in [1.82, 2.24) is 0 Å². The zero-order valence-electron chi connectivity index (χ0n) is 4.89. The van der Waals surface area contributed by atoms with Gasteiger partial charge in [0.15, 0.2) is 5.25 Å². The van der Waals surface area contributed by atoms with Crippen molar-refractivity contribution in [2.75, 3.05) is 6.61 Å². The second kappa shape index (κ2) is 2.95. The first-order valence-electron chi connectivity index (χ1n) is 2.26. The Morgan fingerprint density at radius 3 is 2.00 bits per heavy atom. The number of aliphatic hydroxyl groups is 1. The lowest BCUT2D eigenvalue weighted by Crippen LogP contribution is -2.38. The summed E-state index contributed by atoms with van der Waals surface area (Å²) >= 11 is 0. The molecule has 1 unspecified atom stereocenters. The van der Waals surface area contributed by atoms with Gasteiger partial charge in [0.05, 0.1) is 6.61 Å². The molecule has 0 heterocycles. The third-order valence-electron chi connectivity index (χ3n) is 0.843. The fourth-order valence-electron chi connectivity index (χ4n) is 0.331. The third kappa shape index (κ3) is 2.29. The van der Waals surface area contributed by atoms with Crippen LogP contribution in [-0.4, -0.2) is 35.8 Å². The SMILES string of the molecule is NC(=O)C(CO)S(=O)(=O)O. The number of carbonyl (C=O) groups is 1. The topological polar surface area (TPSA) is 118 Å². The molecular weight excluding hydrogens is 162 g/mol. The Morgan fingerprint density at radius 1 is 1.60 bits per heavy atom. The van der Waals surface area contributed by atoms with Crippen molar-refractivity contribution >= 4 is 16.0 Å². The smallest absolute Gasteiger partial charge is 0.279 e. The largest absolute Gasteiger partial charge is 0.394 e. The molecule has 0 aliphatic carbocycles. The van der Waals surface area contributed by atoms with Crippen LogP contribution < -0.4 is 5.73 Å². The molecule has 0 aliphatic rings. The van der Waals surface area contributed by atoms with Crippen molar-refractivity contribution in [1.29, 1.82) is 0 Å². The summed E-state index contributed by atoms with van der Waals surface area (Å²) in [6.07, 6.45) is 0. The van der Waals surface area contributed by atoms with Crippen molar-refractivity contribution < 1.29 is 22.9 Å². The molecule has 0 rings (SSSR count). The number of aliphatic hydroxyl groups excluding tert-OH is 1. The van der Waals surface area contributed by atoms with Crippen molar-refractivity contribution in [3.05, 3.63) is 0 Å². The Balaban J connectivity index is 4.55. The molecule has 0 fully saturated rings. The second-order valence-corrected chi connectivity index (χ2v) is 3.19. The van der Waals surface area contributed by atoms with Crippen LogP contribution >= 0.6 is 0 Å². The van der Waals surface area contributed by atoms with E-state index in [2.05, 4.69) is 5.73 Å². The van der Waals surface area contributed by atoms with Crippen LogP contribution in [0.25, 0.3) is 0 Å². The lowest BCUT2D eigenvalue weighted by atomic mass is 10.4. The minimum atomic E-state index is -4.54. The van der Waals surface area contributed by atoms with E-state index in [-0.39, 0.29) is 0 Å². The van der Waals surface area contributed by atoms with Crippen molar-refractivity contribution in [2.45, 2.75) is 5.25 Å². The Morgan fingerprint density at radius 2 is 2.00 bits per heavy atom. The minimum absolute atomic E-state index is 1.01. The molecule has 1 amide bonds. The summed E-state index contributed by atoms with van der Waals surface area (Å²) in [5.41, 5.74) is 4.50. The maximum absolute atomic E-state index is 10.1. The van der Waals surface area contributed by atoms with E-state index in [1.807, 2.05) is 0 Å². The highest BCUT2D eigenvalue weighted by molar-refractivity contribution is 7.87. The molecule has 0 aromatic heterocycles. The van der Waals surface area contributed by atoms with E-state index in [1.54, 1.807) is 0 Å². The number of nitrogens with two attached hydrogens (primary N) is 1. The highest BCUT2D eigenvalue weighted by Gasteiger charge is 2.27. The Bertz CT molecular complexity index is 219. The Labute approximate surface area is 57.4 Å². The van der Waals surface area contributed by atoms with Gasteiger partial charge in [0, 0.05) is 0 Å². The number of primary amides is 1. The summed E-state index contributed by atoms with van der Waals surface area (Å²) in [6.45, 7) is -1.01. The van der Waals surface area contributed by atoms with Crippen molar-refractivity contribution in [2.24, 2.45) is 5.73 Å². The van der Waals surface area contributed by atoms with Gasteiger partial charge in [0.2, 0.25) is 5.91 Å². The van der Waals surface area contributed by atoms with Crippen LogP contribution in [0.15, 0.2) is 0 Å². The average molecular weight is 169 g/mol. The molecule has 0 aromatic rings. The molecule has 1 atom stereocenters. The summed E-state index contributed by atoms with van der Waals surface area (Å²) in [5, 5.41) is 6.28. The van der Waals surface area contributed by atoms with Gasteiger partial charge in [-0.05, 0) is 0 Å². The van der Waals surface area contributed by atoms with Gasteiger partial charge in [0.1, 0.15) is 0 Å². The van der Waals surface area contributed by atoms with E-state index in [0.29, 0.717) is 0 Å². The van der Waals surface area contributed by atoms with Gasteiger partial charge in [0.25, 0.3) is 10.1 Å². The van der Waals surface area contributed by atoms with Crippen LogP contribution in [0.5, 0.6) is 0 Å². The maximum Gasteiger partial charge on any atom is 0.279 e. The average Bonchev–Trinajstić information content (AvgIpc) is 1.60. The van der Waals surface area contributed by atoms with Crippen LogP contribution in [0.1, 0.15) is 0 Å². The van der Waals surface area contributed by atoms with E-state index in [9.17, 15) is 13.2 Å². The first kappa shape index (κ1) is 9.34. The fraction of sp³-hybridized carbons (Fsp3) is 0.667. The van der Waals surface area contributed by atoms with Gasteiger partial charge in [-0.25, -0.2) is 0 Å². The monoisotopic (exact) mass is 169 g/mol. The molecule has 7 heteroatoms. The molecule has 0 saturated carbocycles. The van der Waals surface area contributed by atoms with Gasteiger partial charge in [-0.3, -0.25) is 9.35 Å². The summed E-state index contributed by atoms with van der Waals surface area (Å²) in [6, 6.07) is 0. The molecule has 0 spiro atoms.